The number of hydrogen-bond acceptors (Lipinski definition) is 9. The third-order valence-electron chi connectivity index (χ3n) is 7.51. The van der Waals surface area contributed by atoms with Crippen LogP contribution in [0.4, 0.5) is 5.69 Å². The van der Waals surface area contributed by atoms with Gasteiger partial charge in [-0.05, 0) is 66.6 Å². The zero-order valence-corrected chi connectivity index (χ0v) is 23.6. The summed E-state index contributed by atoms with van der Waals surface area (Å²) in [6.07, 6.45) is 5.10. The lowest BCUT2D eigenvalue weighted by Gasteiger charge is -2.36. The molecule has 1 N–H and O–H groups in total. The minimum Gasteiger partial charge on any atom is -0.494 e. The molecule has 1 atom stereocenters. The van der Waals surface area contributed by atoms with E-state index in [-0.39, 0.29) is 12.3 Å². The zero-order valence-electron chi connectivity index (χ0n) is 22.8. The van der Waals surface area contributed by atoms with E-state index in [4.69, 9.17) is 9.47 Å². The summed E-state index contributed by atoms with van der Waals surface area (Å²) < 4.78 is 14.4. The maximum absolute atomic E-state index is 12.6. The Morgan fingerprint density at radius 1 is 0.976 bits per heavy atom. The molecule has 0 saturated carbocycles. The lowest BCUT2D eigenvalue weighted by atomic mass is 10.2. The van der Waals surface area contributed by atoms with Crippen molar-refractivity contribution in [3.63, 3.8) is 0 Å². The summed E-state index contributed by atoms with van der Waals surface area (Å²) in [5.41, 5.74) is 2.23. The van der Waals surface area contributed by atoms with Crippen LogP contribution in [0.3, 0.4) is 0 Å². The van der Waals surface area contributed by atoms with E-state index in [1.54, 1.807) is 17.4 Å². The Balaban J connectivity index is 0.980. The van der Waals surface area contributed by atoms with Crippen LogP contribution in [-0.2, 0) is 11.5 Å². The van der Waals surface area contributed by atoms with Crippen molar-refractivity contribution >= 4 is 38.0 Å². The number of piperazine rings is 1. The van der Waals surface area contributed by atoms with Gasteiger partial charge in [-0.3, -0.25) is 14.3 Å². The van der Waals surface area contributed by atoms with E-state index in [0.29, 0.717) is 23.4 Å². The smallest absolute Gasteiger partial charge is 0.252 e. The first-order valence-corrected chi connectivity index (χ1v) is 14.8. The van der Waals surface area contributed by atoms with Crippen molar-refractivity contribution in [2.75, 3.05) is 44.2 Å². The SMILES string of the molecule is O=c1ccc2ccc(OCCCCN3CCN(c4cccc5sccc45)CC3)cc2n1COC(O)c1cncnc1. The van der Waals surface area contributed by atoms with Crippen molar-refractivity contribution in [2.24, 2.45) is 0 Å². The van der Waals surface area contributed by atoms with E-state index in [1.165, 1.54) is 45.1 Å². The summed E-state index contributed by atoms with van der Waals surface area (Å²) in [7, 11) is 0. The van der Waals surface area contributed by atoms with Gasteiger partial charge >= 0.3 is 0 Å². The number of rotatable bonds is 11. The molecule has 10 heteroatoms. The Labute approximate surface area is 242 Å². The Morgan fingerprint density at radius 2 is 1.80 bits per heavy atom. The Bertz CT molecular complexity index is 1650. The van der Waals surface area contributed by atoms with E-state index in [0.717, 1.165) is 51.0 Å². The molecule has 1 fully saturated rings. The predicted octanol–water partition coefficient (Wildman–Crippen LogP) is 4.65. The molecule has 0 spiro atoms. The largest absolute Gasteiger partial charge is 0.494 e. The number of aromatic nitrogens is 3. The molecule has 2 aromatic carbocycles. The summed E-state index contributed by atoms with van der Waals surface area (Å²) in [5, 5.41) is 14.7. The van der Waals surface area contributed by atoms with Crippen molar-refractivity contribution in [1.82, 2.24) is 19.4 Å². The molecule has 1 aliphatic heterocycles. The van der Waals surface area contributed by atoms with E-state index in [2.05, 4.69) is 49.4 Å². The number of fused-ring (bicyclic) bond motifs is 2. The quantitative estimate of drug-likeness (QED) is 0.181. The zero-order chi connectivity index (χ0) is 28.0. The predicted molar refractivity (Wildman–Crippen MR) is 161 cm³/mol. The Kier molecular flexibility index (Phi) is 8.52. The van der Waals surface area contributed by atoms with E-state index < -0.39 is 6.29 Å². The molecule has 0 radical (unpaired) electrons. The first-order chi connectivity index (χ1) is 20.2. The molecule has 3 aromatic heterocycles. The highest BCUT2D eigenvalue weighted by atomic mass is 32.1. The molecule has 6 rings (SSSR count). The molecule has 1 saturated heterocycles. The van der Waals surface area contributed by atoms with Gasteiger partial charge in [0, 0.05) is 72.0 Å². The molecule has 1 aliphatic rings. The molecule has 212 valence electrons. The molecule has 0 aliphatic carbocycles. The van der Waals surface area contributed by atoms with Crippen LogP contribution in [0.2, 0.25) is 0 Å². The second kappa shape index (κ2) is 12.8. The Morgan fingerprint density at radius 3 is 2.66 bits per heavy atom. The summed E-state index contributed by atoms with van der Waals surface area (Å²) in [5.74, 6) is 0.699. The molecule has 1 unspecified atom stereocenters. The fourth-order valence-corrected chi connectivity index (χ4v) is 6.07. The van der Waals surface area contributed by atoms with Crippen LogP contribution in [0.25, 0.3) is 21.0 Å². The number of benzene rings is 2. The van der Waals surface area contributed by atoms with Crippen molar-refractivity contribution in [3.05, 3.63) is 94.6 Å². The van der Waals surface area contributed by atoms with Crippen molar-refractivity contribution in [1.29, 1.82) is 0 Å². The second-order valence-corrected chi connectivity index (χ2v) is 11.1. The standard InChI is InChI=1S/C31H33N5O4S/c37-30-9-7-23-6-8-25(18-28(23)36(30)22-40-31(38)24-19-32-21-33-20-24)39-16-2-1-11-34-12-14-35(15-13-34)27-4-3-5-29-26(27)10-17-41-29/h3-10,17-21,31,38H,1-2,11-16,22H2. The molecule has 4 heterocycles. The van der Waals surface area contributed by atoms with Gasteiger partial charge in [0.15, 0.2) is 6.29 Å². The fourth-order valence-electron chi connectivity index (χ4n) is 5.26. The Hall–Kier alpha value is -3.83. The molecule has 5 aromatic rings. The van der Waals surface area contributed by atoms with E-state index >= 15 is 0 Å². The van der Waals surface area contributed by atoms with Gasteiger partial charge in [-0.1, -0.05) is 6.07 Å². The van der Waals surface area contributed by atoms with Crippen LogP contribution in [0.1, 0.15) is 24.7 Å². The monoisotopic (exact) mass is 571 g/mol. The average molecular weight is 572 g/mol. The lowest BCUT2D eigenvalue weighted by molar-refractivity contribution is -0.129. The molecular weight excluding hydrogens is 538 g/mol. The number of ether oxygens (including phenoxy) is 2. The van der Waals surface area contributed by atoms with Crippen molar-refractivity contribution < 1.29 is 14.6 Å². The summed E-state index contributed by atoms with van der Waals surface area (Å²) >= 11 is 1.80. The summed E-state index contributed by atoms with van der Waals surface area (Å²) in [4.78, 5) is 25.4. The number of hydrogen-bond donors (Lipinski definition) is 1. The van der Waals surface area contributed by atoms with Crippen LogP contribution >= 0.6 is 11.3 Å². The van der Waals surface area contributed by atoms with Crippen LogP contribution < -0.4 is 15.2 Å². The van der Waals surface area contributed by atoms with Gasteiger partial charge in [0.1, 0.15) is 18.8 Å². The lowest BCUT2D eigenvalue weighted by Crippen LogP contribution is -2.46. The summed E-state index contributed by atoms with van der Waals surface area (Å²) in [6.45, 7) is 5.77. The second-order valence-electron chi connectivity index (χ2n) is 10.1. The van der Waals surface area contributed by atoms with E-state index in [1.807, 2.05) is 18.2 Å². The van der Waals surface area contributed by atoms with Gasteiger partial charge < -0.3 is 19.5 Å². The number of pyridine rings is 1. The van der Waals surface area contributed by atoms with Crippen molar-refractivity contribution in [3.8, 4) is 5.75 Å². The van der Waals surface area contributed by atoms with E-state index in [9.17, 15) is 9.90 Å². The van der Waals surface area contributed by atoms with Gasteiger partial charge in [-0.2, -0.15) is 0 Å². The van der Waals surface area contributed by atoms with Gasteiger partial charge in [-0.15, -0.1) is 11.3 Å². The minimum atomic E-state index is -1.24. The highest BCUT2D eigenvalue weighted by molar-refractivity contribution is 7.17. The van der Waals surface area contributed by atoms with Gasteiger partial charge in [-0.25, -0.2) is 9.97 Å². The molecule has 0 bridgehead atoms. The van der Waals surface area contributed by atoms with Gasteiger partial charge in [0.25, 0.3) is 5.56 Å². The summed E-state index contributed by atoms with van der Waals surface area (Å²) in [6, 6.07) is 17.8. The van der Waals surface area contributed by atoms with Gasteiger partial charge in [0.2, 0.25) is 0 Å². The van der Waals surface area contributed by atoms with Crippen molar-refractivity contribution in [2.45, 2.75) is 25.9 Å². The van der Waals surface area contributed by atoms with Gasteiger partial charge in [0.05, 0.1) is 12.1 Å². The maximum Gasteiger partial charge on any atom is 0.252 e. The highest BCUT2D eigenvalue weighted by Crippen LogP contribution is 2.31. The number of aliphatic hydroxyl groups excluding tert-OH is 1. The van der Waals surface area contributed by atoms with Crippen LogP contribution in [0.5, 0.6) is 5.75 Å². The fraction of sp³-hybridized carbons (Fsp3) is 0.323. The number of nitrogens with zero attached hydrogens (tertiary/aromatic N) is 5. The number of unbranched alkanes of at least 4 members (excludes halogenated alkanes) is 1. The maximum atomic E-state index is 12.6. The normalized spacial score (nSPS) is 15.0. The average Bonchev–Trinajstić information content (AvgIpc) is 3.50. The first kappa shape index (κ1) is 27.3. The van der Waals surface area contributed by atoms with Crippen LogP contribution in [0.15, 0.2) is 83.5 Å². The third-order valence-corrected chi connectivity index (χ3v) is 8.40. The highest BCUT2D eigenvalue weighted by Gasteiger charge is 2.18. The molecular formula is C31H33N5O4S. The topological polar surface area (TPSA) is 93.0 Å². The first-order valence-electron chi connectivity index (χ1n) is 13.9. The van der Waals surface area contributed by atoms with Crippen LogP contribution in [-0.4, -0.2) is 63.9 Å². The molecule has 0 amide bonds. The number of anilines is 1. The molecule has 9 nitrogen and oxygen atoms in total. The number of thiophene rings is 1. The molecule has 41 heavy (non-hydrogen) atoms. The number of aliphatic hydroxyl groups is 1. The van der Waals surface area contributed by atoms with Crippen LogP contribution in [0, 0.1) is 0 Å². The minimum absolute atomic E-state index is 0.120. The third kappa shape index (κ3) is 6.41.